The average molecular weight is 332 g/mol. The SMILES string of the molecule is C=C1C(=O)N(C(CCC=O)C(=O)NC)C(C)/C1=C(/C=C\C)C(C)C. The van der Waals surface area contributed by atoms with E-state index in [1.165, 1.54) is 7.05 Å². The van der Waals surface area contributed by atoms with Gasteiger partial charge in [0, 0.05) is 19.0 Å². The lowest BCUT2D eigenvalue weighted by Crippen LogP contribution is -2.49. The van der Waals surface area contributed by atoms with Gasteiger partial charge < -0.3 is 15.0 Å². The molecular formula is C19H28N2O3. The molecule has 0 aromatic rings. The number of carbonyl (C=O) groups excluding carboxylic acids is 3. The number of allylic oxidation sites excluding steroid dienone is 3. The van der Waals surface area contributed by atoms with E-state index in [9.17, 15) is 14.4 Å². The zero-order valence-corrected chi connectivity index (χ0v) is 15.3. The Morgan fingerprint density at radius 1 is 1.42 bits per heavy atom. The summed E-state index contributed by atoms with van der Waals surface area (Å²) in [6.07, 6.45) is 5.25. The van der Waals surface area contributed by atoms with E-state index in [0.717, 1.165) is 17.4 Å². The summed E-state index contributed by atoms with van der Waals surface area (Å²) in [6, 6.07) is -0.927. The van der Waals surface area contributed by atoms with Crippen LogP contribution < -0.4 is 5.32 Å². The Hall–Kier alpha value is -2.17. The van der Waals surface area contributed by atoms with Gasteiger partial charge in [-0.2, -0.15) is 0 Å². The van der Waals surface area contributed by atoms with Gasteiger partial charge >= 0.3 is 0 Å². The predicted octanol–water partition coefficient (Wildman–Crippen LogP) is 2.40. The molecule has 0 bridgehead atoms. The fourth-order valence-corrected chi connectivity index (χ4v) is 3.23. The molecule has 0 aliphatic carbocycles. The quantitative estimate of drug-likeness (QED) is 0.575. The number of nitrogens with zero attached hydrogens (tertiary/aromatic N) is 1. The highest BCUT2D eigenvalue weighted by molar-refractivity contribution is 6.04. The Labute approximate surface area is 144 Å². The van der Waals surface area contributed by atoms with Crippen LogP contribution in [0.1, 0.15) is 40.5 Å². The molecule has 0 radical (unpaired) electrons. The Kier molecular flexibility index (Phi) is 7.14. The molecule has 0 saturated carbocycles. The second-order valence-electron chi connectivity index (χ2n) is 6.26. The van der Waals surface area contributed by atoms with E-state index >= 15 is 0 Å². The molecule has 0 spiro atoms. The minimum absolute atomic E-state index is 0.228. The topological polar surface area (TPSA) is 66.5 Å². The molecule has 0 aromatic heterocycles. The van der Waals surface area contributed by atoms with Crippen LogP contribution in [-0.4, -0.2) is 42.1 Å². The number of rotatable bonds is 7. The third-order valence-corrected chi connectivity index (χ3v) is 4.37. The Morgan fingerprint density at radius 3 is 2.50 bits per heavy atom. The van der Waals surface area contributed by atoms with Gasteiger partial charge in [-0.1, -0.05) is 32.6 Å². The van der Waals surface area contributed by atoms with Gasteiger partial charge in [0.1, 0.15) is 12.3 Å². The number of hydrogen-bond donors (Lipinski definition) is 1. The first-order valence-corrected chi connectivity index (χ1v) is 8.35. The summed E-state index contributed by atoms with van der Waals surface area (Å²) in [6.45, 7) is 11.9. The minimum atomic E-state index is -0.670. The molecule has 132 valence electrons. The van der Waals surface area contributed by atoms with E-state index in [-0.39, 0.29) is 30.2 Å². The van der Waals surface area contributed by atoms with E-state index in [0.29, 0.717) is 12.0 Å². The predicted molar refractivity (Wildman–Crippen MR) is 95.3 cm³/mol. The first kappa shape index (κ1) is 19.9. The molecule has 1 saturated heterocycles. The van der Waals surface area contributed by atoms with Gasteiger partial charge in [0.15, 0.2) is 0 Å². The number of likely N-dealkylation sites (N-methyl/N-ethyl adjacent to an activating group) is 1. The first-order chi connectivity index (χ1) is 11.3. The highest BCUT2D eigenvalue weighted by Crippen LogP contribution is 2.36. The number of hydrogen-bond acceptors (Lipinski definition) is 3. The van der Waals surface area contributed by atoms with Crippen molar-refractivity contribution in [3.63, 3.8) is 0 Å². The van der Waals surface area contributed by atoms with Gasteiger partial charge in [-0.15, -0.1) is 0 Å². The maximum atomic E-state index is 12.8. The van der Waals surface area contributed by atoms with Gasteiger partial charge in [-0.05, 0) is 37.3 Å². The van der Waals surface area contributed by atoms with Gasteiger partial charge in [-0.25, -0.2) is 0 Å². The summed E-state index contributed by atoms with van der Waals surface area (Å²) in [5, 5.41) is 2.59. The maximum absolute atomic E-state index is 12.8. The summed E-state index contributed by atoms with van der Waals surface area (Å²) in [5.74, 6) is -0.264. The van der Waals surface area contributed by atoms with E-state index in [4.69, 9.17) is 0 Å². The summed E-state index contributed by atoms with van der Waals surface area (Å²) in [5.41, 5.74) is 2.37. The van der Waals surface area contributed by atoms with Crippen molar-refractivity contribution in [2.24, 2.45) is 5.92 Å². The molecule has 0 aromatic carbocycles. The van der Waals surface area contributed by atoms with Crippen molar-refractivity contribution in [2.75, 3.05) is 7.05 Å². The molecule has 1 aliphatic rings. The van der Waals surface area contributed by atoms with Crippen LogP contribution in [-0.2, 0) is 14.4 Å². The maximum Gasteiger partial charge on any atom is 0.254 e. The summed E-state index contributed by atoms with van der Waals surface area (Å²) >= 11 is 0. The number of nitrogens with one attached hydrogen (secondary N) is 1. The van der Waals surface area contributed by atoms with Crippen LogP contribution in [0.25, 0.3) is 0 Å². The molecule has 1 heterocycles. The van der Waals surface area contributed by atoms with Crippen molar-refractivity contribution >= 4 is 18.1 Å². The first-order valence-electron chi connectivity index (χ1n) is 8.35. The van der Waals surface area contributed by atoms with E-state index < -0.39 is 6.04 Å². The van der Waals surface area contributed by atoms with Crippen molar-refractivity contribution in [2.45, 2.75) is 52.6 Å². The van der Waals surface area contributed by atoms with E-state index in [2.05, 4.69) is 25.7 Å². The van der Waals surface area contributed by atoms with Gasteiger partial charge in [0.25, 0.3) is 5.91 Å². The van der Waals surface area contributed by atoms with Crippen LogP contribution in [0, 0.1) is 5.92 Å². The van der Waals surface area contributed by atoms with Gasteiger partial charge in [0.05, 0.1) is 6.04 Å². The van der Waals surface area contributed by atoms with Crippen molar-refractivity contribution in [1.82, 2.24) is 10.2 Å². The molecule has 1 fully saturated rings. The van der Waals surface area contributed by atoms with Crippen LogP contribution in [0.4, 0.5) is 0 Å². The number of likely N-dealkylation sites (tertiary alicyclic amines) is 1. The fraction of sp³-hybridized carbons (Fsp3) is 0.526. The van der Waals surface area contributed by atoms with Gasteiger partial charge in [-0.3, -0.25) is 9.59 Å². The second-order valence-corrected chi connectivity index (χ2v) is 6.26. The summed E-state index contributed by atoms with van der Waals surface area (Å²) in [4.78, 5) is 37.3. The molecule has 1 N–H and O–H groups in total. The van der Waals surface area contributed by atoms with E-state index in [1.807, 2.05) is 26.0 Å². The largest absolute Gasteiger partial charge is 0.357 e. The number of aldehydes is 1. The fourth-order valence-electron chi connectivity index (χ4n) is 3.23. The zero-order chi connectivity index (χ0) is 18.4. The smallest absolute Gasteiger partial charge is 0.254 e. The molecule has 5 nitrogen and oxygen atoms in total. The minimum Gasteiger partial charge on any atom is -0.357 e. The molecule has 1 rings (SSSR count). The lowest BCUT2D eigenvalue weighted by atomic mass is 9.91. The Bertz CT molecular complexity index is 587. The molecule has 2 unspecified atom stereocenters. The lowest BCUT2D eigenvalue weighted by Gasteiger charge is -2.30. The van der Waals surface area contributed by atoms with Crippen LogP contribution in [0.2, 0.25) is 0 Å². The van der Waals surface area contributed by atoms with Crippen molar-refractivity contribution in [3.8, 4) is 0 Å². The third kappa shape index (κ3) is 3.83. The highest BCUT2D eigenvalue weighted by Gasteiger charge is 2.43. The second kappa shape index (κ2) is 8.62. The van der Waals surface area contributed by atoms with Crippen LogP contribution >= 0.6 is 0 Å². The molecule has 5 heteroatoms. The summed E-state index contributed by atoms with van der Waals surface area (Å²) < 4.78 is 0. The Balaban J connectivity index is 3.38. The standard InChI is InChI=1S/C19H28N2O3/c1-7-9-15(12(2)3)17-13(4)19(24)21(14(17)5)16(10-8-11-22)18(23)20-6/h7,9,11-12,14,16H,4,8,10H2,1-3,5-6H3,(H,20,23)/b9-7-,17-15-. The monoisotopic (exact) mass is 332 g/mol. The Morgan fingerprint density at radius 2 is 2.04 bits per heavy atom. The third-order valence-electron chi connectivity index (χ3n) is 4.37. The molecule has 1 aliphatic heterocycles. The number of amides is 2. The van der Waals surface area contributed by atoms with Crippen LogP contribution in [0.3, 0.4) is 0 Å². The highest BCUT2D eigenvalue weighted by atomic mass is 16.2. The van der Waals surface area contributed by atoms with Crippen LogP contribution in [0.5, 0.6) is 0 Å². The zero-order valence-electron chi connectivity index (χ0n) is 15.3. The normalized spacial score (nSPS) is 21.6. The molecule has 2 atom stereocenters. The molecule has 2 amide bonds. The number of carbonyl (C=O) groups is 3. The molecule has 24 heavy (non-hydrogen) atoms. The van der Waals surface area contributed by atoms with Gasteiger partial charge in [0.2, 0.25) is 5.91 Å². The van der Waals surface area contributed by atoms with Crippen LogP contribution in [0.15, 0.2) is 35.5 Å². The lowest BCUT2D eigenvalue weighted by molar-refractivity contribution is -0.137. The van der Waals surface area contributed by atoms with Crippen molar-refractivity contribution in [1.29, 1.82) is 0 Å². The van der Waals surface area contributed by atoms with Crippen molar-refractivity contribution < 1.29 is 14.4 Å². The average Bonchev–Trinajstić information content (AvgIpc) is 2.76. The van der Waals surface area contributed by atoms with E-state index in [1.54, 1.807) is 4.90 Å². The van der Waals surface area contributed by atoms with Crippen molar-refractivity contribution in [3.05, 3.63) is 35.5 Å². The summed E-state index contributed by atoms with van der Waals surface area (Å²) in [7, 11) is 1.53. The molecular weight excluding hydrogens is 304 g/mol.